The highest BCUT2D eigenvalue weighted by molar-refractivity contribution is 7.98. The van der Waals surface area contributed by atoms with Crippen LogP contribution in [0.4, 0.5) is 5.69 Å². The van der Waals surface area contributed by atoms with E-state index in [0.717, 1.165) is 10.6 Å². The standard InChI is InChI=1S/C14H20N2OS2/c1-4-14(5-2,12(15)18)13(17)16-10-7-6-8-11(9-10)19-3/h6-9H,4-5H2,1-3H3,(H2,15,18)(H,16,17). The zero-order valence-corrected chi connectivity index (χ0v) is 13.2. The van der Waals surface area contributed by atoms with Gasteiger partial charge in [-0.2, -0.15) is 0 Å². The average molecular weight is 296 g/mol. The zero-order valence-electron chi connectivity index (χ0n) is 11.5. The second-order valence-corrected chi connectivity index (χ2v) is 5.66. The molecule has 0 spiro atoms. The molecule has 0 aliphatic carbocycles. The van der Waals surface area contributed by atoms with Crippen molar-refractivity contribution in [1.29, 1.82) is 0 Å². The van der Waals surface area contributed by atoms with E-state index in [2.05, 4.69) is 5.32 Å². The lowest BCUT2D eigenvalue weighted by Gasteiger charge is -2.28. The van der Waals surface area contributed by atoms with Crippen LogP contribution in [0.5, 0.6) is 0 Å². The molecule has 0 heterocycles. The minimum absolute atomic E-state index is 0.122. The van der Waals surface area contributed by atoms with Crippen molar-refractivity contribution in [2.75, 3.05) is 11.6 Å². The van der Waals surface area contributed by atoms with Crippen molar-refractivity contribution in [1.82, 2.24) is 0 Å². The Labute approximate surface area is 124 Å². The monoisotopic (exact) mass is 296 g/mol. The van der Waals surface area contributed by atoms with E-state index in [1.165, 1.54) is 0 Å². The molecule has 1 aromatic rings. The molecule has 5 heteroatoms. The number of nitrogens with two attached hydrogens (primary N) is 1. The van der Waals surface area contributed by atoms with Gasteiger partial charge in [-0.3, -0.25) is 4.79 Å². The van der Waals surface area contributed by atoms with Crippen molar-refractivity contribution in [3.63, 3.8) is 0 Å². The Bertz CT molecular complexity index is 470. The Hall–Kier alpha value is -1.07. The van der Waals surface area contributed by atoms with Gasteiger partial charge < -0.3 is 11.1 Å². The molecule has 19 heavy (non-hydrogen) atoms. The Morgan fingerprint density at radius 3 is 2.53 bits per heavy atom. The van der Waals surface area contributed by atoms with Gasteiger partial charge >= 0.3 is 0 Å². The molecule has 0 saturated heterocycles. The fourth-order valence-corrected chi connectivity index (χ4v) is 2.82. The van der Waals surface area contributed by atoms with E-state index in [1.807, 2.05) is 44.4 Å². The maximum absolute atomic E-state index is 12.5. The van der Waals surface area contributed by atoms with Crippen molar-refractivity contribution < 1.29 is 4.79 Å². The third kappa shape index (κ3) is 3.48. The maximum Gasteiger partial charge on any atom is 0.237 e. The number of amides is 1. The first-order chi connectivity index (χ1) is 9.00. The molecule has 3 N–H and O–H groups in total. The largest absolute Gasteiger partial charge is 0.392 e. The fraction of sp³-hybridized carbons (Fsp3) is 0.429. The smallest absolute Gasteiger partial charge is 0.237 e. The summed E-state index contributed by atoms with van der Waals surface area (Å²) in [6.07, 6.45) is 3.21. The number of hydrogen-bond acceptors (Lipinski definition) is 3. The van der Waals surface area contributed by atoms with Gasteiger partial charge in [0.2, 0.25) is 5.91 Å². The number of rotatable bonds is 6. The van der Waals surface area contributed by atoms with Gasteiger partial charge in [-0.05, 0) is 37.3 Å². The molecule has 0 aliphatic rings. The van der Waals surface area contributed by atoms with Gasteiger partial charge in [0.15, 0.2) is 0 Å². The summed E-state index contributed by atoms with van der Waals surface area (Å²) in [6, 6.07) is 7.73. The molecule has 0 aromatic heterocycles. The number of benzene rings is 1. The SMILES string of the molecule is CCC(CC)(C(=O)Nc1cccc(SC)c1)C(N)=S. The Balaban J connectivity index is 2.96. The molecule has 0 unspecified atom stereocenters. The summed E-state index contributed by atoms with van der Waals surface area (Å²) in [6.45, 7) is 3.86. The van der Waals surface area contributed by atoms with Gasteiger partial charge in [0.25, 0.3) is 0 Å². The molecule has 1 aromatic carbocycles. The lowest BCUT2D eigenvalue weighted by atomic mass is 9.81. The zero-order chi connectivity index (χ0) is 14.5. The van der Waals surface area contributed by atoms with E-state index in [4.69, 9.17) is 18.0 Å². The molecule has 0 atom stereocenters. The van der Waals surface area contributed by atoms with Crippen LogP contribution in [0.15, 0.2) is 29.2 Å². The van der Waals surface area contributed by atoms with Crippen LogP contribution in [-0.4, -0.2) is 17.2 Å². The van der Waals surface area contributed by atoms with E-state index in [0.29, 0.717) is 12.8 Å². The number of nitrogens with one attached hydrogen (secondary N) is 1. The highest BCUT2D eigenvalue weighted by atomic mass is 32.2. The van der Waals surface area contributed by atoms with Crippen LogP contribution in [-0.2, 0) is 4.79 Å². The molecule has 0 saturated carbocycles. The number of thioether (sulfide) groups is 1. The lowest BCUT2D eigenvalue weighted by Crippen LogP contribution is -2.45. The molecule has 0 aliphatic heterocycles. The third-order valence-electron chi connectivity index (χ3n) is 3.44. The maximum atomic E-state index is 12.5. The minimum Gasteiger partial charge on any atom is -0.392 e. The van der Waals surface area contributed by atoms with Gasteiger partial charge in [0.05, 0.1) is 10.4 Å². The van der Waals surface area contributed by atoms with Crippen LogP contribution >= 0.6 is 24.0 Å². The van der Waals surface area contributed by atoms with Crippen LogP contribution in [0.3, 0.4) is 0 Å². The first-order valence-corrected chi connectivity index (χ1v) is 7.88. The lowest BCUT2D eigenvalue weighted by molar-refractivity contribution is -0.122. The molecule has 1 rings (SSSR count). The second kappa shape index (κ2) is 6.91. The summed E-state index contributed by atoms with van der Waals surface area (Å²) in [5.41, 5.74) is 5.79. The van der Waals surface area contributed by atoms with Crippen LogP contribution in [0.1, 0.15) is 26.7 Å². The summed E-state index contributed by atoms with van der Waals surface area (Å²) in [5.74, 6) is -0.122. The van der Waals surface area contributed by atoms with Gasteiger partial charge in [0, 0.05) is 10.6 Å². The number of carbonyl (C=O) groups excluding carboxylic acids is 1. The highest BCUT2D eigenvalue weighted by Crippen LogP contribution is 2.29. The van der Waals surface area contributed by atoms with E-state index >= 15 is 0 Å². The predicted octanol–water partition coefficient (Wildman–Crippen LogP) is 3.44. The van der Waals surface area contributed by atoms with E-state index in [-0.39, 0.29) is 10.9 Å². The molecule has 3 nitrogen and oxygen atoms in total. The molecule has 0 fully saturated rings. The molecule has 104 valence electrons. The van der Waals surface area contributed by atoms with E-state index < -0.39 is 5.41 Å². The Morgan fingerprint density at radius 2 is 2.05 bits per heavy atom. The van der Waals surface area contributed by atoms with Crippen molar-refractivity contribution in [3.05, 3.63) is 24.3 Å². The number of thiocarbonyl (C=S) groups is 1. The van der Waals surface area contributed by atoms with Crippen LogP contribution in [0.25, 0.3) is 0 Å². The Morgan fingerprint density at radius 1 is 1.42 bits per heavy atom. The number of hydrogen-bond donors (Lipinski definition) is 2. The normalized spacial score (nSPS) is 11.1. The molecular formula is C14H20N2OS2. The minimum atomic E-state index is -0.759. The first-order valence-electron chi connectivity index (χ1n) is 6.25. The highest BCUT2D eigenvalue weighted by Gasteiger charge is 2.38. The van der Waals surface area contributed by atoms with Crippen molar-refractivity contribution >= 4 is 40.6 Å². The first kappa shape index (κ1) is 16.0. The topological polar surface area (TPSA) is 55.1 Å². The van der Waals surface area contributed by atoms with Gasteiger partial charge in [0.1, 0.15) is 0 Å². The van der Waals surface area contributed by atoms with Gasteiger partial charge in [-0.1, -0.05) is 32.1 Å². The Kier molecular flexibility index (Phi) is 5.82. The molecule has 0 bridgehead atoms. The van der Waals surface area contributed by atoms with E-state index in [1.54, 1.807) is 11.8 Å². The predicted molar refractivity (Wildman–Crippen MR) is 86.7 cm³/mol. The van der Waals surface area contributed by atoms with Crippen LogP contribution in [0.2, 0.25) is 0 Å². The molecule has 1 amide bonds. The second-order valence-electron chi connectivity index (χ2n) is 4.34. The van der Waals surface area contributed by atoms with E-state index in [9.17, 15) is 4.79 Å². The van der Waals surface area contributed by atoms with Crippen molar-refractivity contribution in [2.45, 2.75) is 31.6 Å². The summed E-state index contributed by atoms with van der Waals surface area (Å²) in [5, 5.41) is 2.92. The number of carbonyl (C=O) groups is 1. The quantitative estimate of drug-likeness (QED) is 0.624. The van der Waals surface area contributed by atoms with Gasteiger partial charge in [-0.15, -0.1) is 11.8 Å². The summed E-state index contributed by atoms with van der Waals surface area (Å²) < 4.78 is 0. The van der Waals surface area contributed by atoms with Crippen LogP contribution in [0, 0.1) is 5.41 Å². The fourth-order valence-electron chi connectivity index (χ4n) is 1.98. The molecular weight excluding hydrogens is 276 g/mol. The van der Waals surface area contributed by atoms with Crippen LogP contribution < -0.4 is 11.1 Å². The summed E-state index contributed by atoms with van der Waals surface area (Å²) in [7, 11) is 0. The molecule has 0 radical (unpaired) electrons. The number of anilines is 1. The average Bonchev–Trinajstić information content (AvgIpc) is 2.40. The summed E-state index contributed by atoms with van der Waals surface area (Å²) in [4.78, 5) is 13.8. The van der Waals surface area contributed by atoms with Crippen molar-refractivity contribution in [2.24, 2.45) is 11.1 Å². The summed E-state index contributed by atoms with van der Waals surface area (Å²) >= 11 is 6.71. The van der Waals surface area contributed by atoms with Crippen molar-refractivity contribution in [3.8, 4) is 0 Å². The third-order valence-corrected chi connectivity index (χ3v) is 4.56. The van der Waals surface area contributed by atoms with Gasteiger partial charge in [-0.25, -0.2) is 0 Å².